The number of hydrogen-bond donors (Lipinski definition) is 2. The van der Waals surface area contributed by atoms with Crippen LogP contribution in [0.3, 0.4) is 0 Å². The van der Waals surface area contributed by atoms with E-state index in [1.165, 1.54) is 18.2 Å². The number of carbonyl (C=O) groups is 3. The Morgan fingerprint density at radius 1 is 1.13 bits per heavy atom. The predicted molar refractivity (Wildman–Crippen MR) is 110 cm³/mol. The number of benzene rings is 2. The van der Waals surface area contributed by atoms with Crippen molar-refractivity contribution < 1.29 is 23.5 Å². The van der Waals surface area contributed by atoms with Crippen LogP contribution in [0.1, 0.15) is 33.6 Å². The normalized spacial score (nSPS) is 15.7. The summed E-state index contributed by atoms with van der Waals surface area (Å²) in [5.74, 6) is -1.61. The lowest BCUT2D eigenvalue weighted by atomic mass is 10.1. The van der Waals surface area contributed by atoms with Crippen LogP contribution in [0.4, 0.5) is 10.1 Å². The number of ether oxygens (including phenoxy) is 1. The van der Waals surface area contributed by atoms with E-state index in [0.717, 1.165) is 6.42 Å². The van der Waals surface area contributed by atoms with E-state index in [1.54, 1.807) is 42.3 Å². The number of hydrogen-bond acceptors (Lipinski definition) is 4. The molecule has 1 atom stereocenters. The smallest absolute Gasteiger partial charge is 0.258 e. The van der Waals surface area contributed by atoms with Crippen LogP contribution < -0.4 is 10.6 Å². The van der Waals surface area contributed by atoms with Gasteiger partial charge >= 0.3 is 0 Å². The molecule has 8 heteroatoms. The Morgan fingerprint density at radius 2 is 1.87 bits per heavy atom. The van der Waals surface area contributed by atoms with Crippen LogP contribution in [0.5, 0.6) is 0 Å². The van der Waals surface area contributed by atoms with Gasteiger partial charge in [0.2, 0.25) is 5.91 Å². The summed E-state index contributed by atoms with van der Waals surface area (Å²) >= 11 is 0. The number of nitrogens with zero attached hydrogens (tertiary/aromatic N) is 1. The van der Waals surface area contributed by atoms with Gasteiger partial charge in [0.1, 0.15) is 11.9 Å². The first-order valence-electron chi connectivity index (χ1n) is 9.75. The maximum Gasteiger partial charge on any atom is 0.258 e. The van der Waals surface area contributed by atoms with E-state index in [-0.39, 0.29) is 17.4 Å². The van der Waals surface area contributed by atoms with Crippen molar-refractivity contribution in [1.82, 2.24) is 10.2 Å². The highest BCUT2D eigenvalue weighted by Crippen LogP contribution is 2.21. The van der Waals surface area contributed by atoms with Crippen LogP contribution in [0.25, 0.3) is 0 Å². The molecule has 1 saturated heterocycles. The van der Waals surface area contributed by atoms with Gasteiger partial charge in [-0.05, 0) is 49.2 Å². The van der Waals surface area contributed by atoms with Gasteiger partial charge in [0.05, 0.1) is 12.2 Å². The zero-order chi connectivity index (χ0) is 21.5. The van der Waals surface area contributed by atoms with Gasteiger partial charge in [-0.25, -0.2) is 4.39 Å². The lowest BCUT2D eigenvalue weighted by Crippen LogP contribution is -2.46. The van der Waals surface area contributed by atoms with E-state index in [4.69, 9.17) is 4.74 Å². The number of halogens is 1. The Hall–Kier alpha value is -3.26. The quantitative estimate of drug-likeness (QED) is 0.683. The van der Waals surface area contributed by atoms with Crippen molar-refractivity contribution in [2.24, 2.45) is 0 Å². The number of likely N-dealkylation sites (tertiary alicyclic amines) is 1. The molecule has 3 amide bonds. The Labute approximate surface area is 174 Å². The second-order valence-corrected chi connectivity index (χ2v) is 6.95. The molecule has 0 aromatic heterocycles. The summed E-state index contributed by atoms with van der Waals surface area (Å²) in [6.45, 7) is 1.31. The molecule has 0 radical (unpaired) electrons. The van der Waals surface area contributed by atoms with Gasteiger partial charge in [0, 0.05) is 31.5 Å². The molecule has 2 N–H and O–H groups in total. The Balaban J connectivity index is 1.64. The average Bonchev–Trinajstić information content (AvgIpc) is 3.24. The minimum atomic E-state index is -0.606. The minimum absolute atomic E-state index is 0.0583. The van der Waals surface area contributed by atoms with Crippen LogP contribution in [-0.2, 0) is 9.53 Å². The second kappa shape index (κ2) is 9.98. The first-order valence-corrected chi connectivity index (χ1v) is 9.75. The van der Waals surface area contributed by atoms with Crippen molar-refractivity contribution in [2.75, 3.05) is 32.1 Å². The third-order valence-corrected chi connectivity index (χ3v) is 4.93. The van der Waals surface area contributed by atoms with Crippen LogP contribution in [0.15, 0.2) is 48.5 Å². The molecule has 3 rings (SSSR count). The van der Waals surface area contributed by atoms with Crippen molar-refractivity contribution in [3.63, 3.8) is 0 Å². The maximum atomic E-state index is 13.7. The molecule has 7 nitrogen and oxygen atoms in total. The third-order valence-electron chi connectivity index (χ3n) is 4.93. The number of carbonyl (C=O) groups excluding carboxylic acids is 3. The van der Waals surface area contributed by atoms with Crippen molar-refractivity contribution in [2.45, 2.75) is 18.9 Å². The largest absolute Gasteiger partial charge is 0.383 e. The predicted octanol–water partition coefficient (Wildman–Crippen LogP) is 2.45. The molecule has 1 heterocycles. The third kappa shape index (κ3) is 5.01. The summed E-state index contributed by atoms with van der Waals surface area (Å²) in [6.07, 6.45) is 1.37. The first kappa shape index (κ1) is 21.4. The highest BCUT2D eigenvalue weighted by Gasteiger charge is 2.34. The molecule has 0 saturated carbocycles. The number of nitrogens with one attached hydrogen (secondary N) is 2. The molecule has 0 aliphatic carbocycles. The molecule has 158 valence electrons. The number of methoxy groups -OCH3 is 1. The number of anilines is 1. The summed E-state index contributed by atoms with van der Waals surface area (Å²) in [7, 11) is 1.56. The molecule has 0 bridgehead atoms. The van der Waals surface area contributed by atoms with E-state index in [9.17, 15) is 18.8 Å². The van der Waals surface area contributed by atoms with Crippen LogP contribution >= 0.6 is 0 Å². The fourth-order valence-corrected chi connectivity index (χ4v) is 3.38. The van der Waals surface area contributed by atoms with Crippen LogP contribution in [0, 0.1) is 5.82 Å². The fraction of sp³-hybridized carbons (Fsp3) is 0.318. The van der Waals surface area contributed by atoms with Gasteiger partial charge < -0.3 is 20.3 Å². The first-order chi connectivity index (χ1) is 14.5. The minimum Gasteiger partial charge on any atom is -0.383 e. The molecule has 1 unspecified atom stereocenters. The fourth-order valence-electron chi connectivity index (χ4n) is 3.38. The van der Waals surface area contributed by atoms with E-state index in [0.29, 0.717) is 37.4 Å². The highest BCUT2D eigenvalue weighted by atomic mass is 19.1. The number of amides is 3. The number of rotatable bonds is 7. The molecule has 1 aliphatic rings. The summed E-state index contributed by atoms with van der Waals surface area (Å²) in [5.41, 5.74) is 0.794. The molecule has 2 aromatic rings. The molecule has 1 aliphatic heterocycles. The van der Waals surface area contributed by atoms with Crippen LogP contribution in [-0.4, -0.2) is 55.5 Å². The van der Waals surface area contributed by atoms with Gasteiger partial charge in [0.15, 0.2) is 0 Å². The maximum absolute atomic E-state index is 13.7. The van der Waals surface area contributed by atoms with Gasteiger partial charge in [-0.3, -0.25) is 14.4 Å². The molecule has 2 aromatic carbocycles. The molecular formula is C22H24FN3O4. The van der Waals surface area contributed by atoms with Crippen LogP contribution in [0.2, 0.25) is 0 Å². The topological polar surface area (TPSA) is 87.7 Å². The molecule has 1 fully saturated rings. The van der Waals surface area contributed by atoms with E-state index in [1.807, 2.05) is 0 Å². The Kier molecular flexibility index (Phi) is 7.13. The van der Waals surface area contributed by atoms with E-state index < -0.39 is 17.8 Å². The van der Waals surface area contributed by atoms with Gasteiger partial charge in [0.25, 0.3) is 11.8 Å². The second-order valence-electron chi connectivity index (χ2n) is 6.95. The summed E-state index contributed by atoms with van der Waals surface area (Å²) in [5, 5.41) is 5.39. The SMILES string of the molecule is COCCNC(=O)C1CCCN1C(=O)c1ccc(NC(=O)c2ccccc2F)cc1. The zero-order valence-corrected chi connectivity index (χ0v) is 16.7. The molecule has 30 heavy (non-hydrogen) atoms. The van der Waals surface area contributed by atoms with Gasteiger partial charge in [-0.15, -0.1) is 0 Å². The van der Waals surface area contributed by atoms with Crippen molar-refractivity contribution in [3.05, 3.63) is 65.5 Å². The summed E-state index contributed by atoms with van der Waals surface area (Å²) in [4.78, 5) is 39.0. The summed E-state index contributed by atoms with van der Waals surface area (Å²) in [6, 6.07) is 11.5. The van der Waals surface area contributed by atoms with Crippen molar-refractivity contribution in [1.29, 1.82) is 0 Å². The van der Waals surface area contributed by atoms with E-state index in [2.05, 4.69) is 10.6 Å². The molecule has 0 spiro atoms. The van der Waals surface area contributed by atoms with Gasteiger partial charge in [-0.1, -0.05) is 12.1 Å². The van der Waals surface area contributed by atoms with Crippen molar-refractivity contribution >= 4 is 23.4 Å². The Morgan fingerprint density at radius 3 is 2.57 bits per heavy atom. The molecular weight excluding hydrogens is 389 g/mol. The lowest BCUT2D eigenvalue weighted by Gasteiger charge is -2.24. The van der Waals surface area contributed by atoms with E-state index >= 15 is 0 Å². The summed E-state index contributed by atoms with van der Waals surface area (Å²) < 4.78 is 18.7. The van der Waals surface area contributed by atoms with Crippen molar-refractivity contribution in [3.8, 4) is 0 Å². The standard InChI is InChI=1S/C22H24FN3O4/c1-30-14-12-24-21(28)19-7-4-13-26(19)22(29)15-8-10-16(11-9-15)25-20(27)17-5-2-3-6-18(17)23/h2-3,5-6,8-11,19H,4,7,12-14H2,1H3,(H,24,28)(H,25,27). The average molecular weight is 413 g/mol. The monoisotopic (exact) mass is 413 g/mol. The zero-order valence-electron chi connectivity index (χ0n) is 16.7. The highest BCUT2D eigenvalue weighted by molar-refractivity contribution is 6.05. The lowest BCUT2D eigenvalue weighted by molar-refractivity contribution is -0.125. The van der Waals surface area contributed by atoms with Gasteiger partial charge in [-0.2, -0.15) is 0 Å². The Bertz CT molecular complexity index is 917.